The lowest BCUT2D eigenvalue weighted by Gasteiger charge is -2.11. The van der Waals surface area contributed by atoms with Crippen LogP contribution in [-0.4, -0.2) is 29.7 Å². The molecule has 6 nitrogen and oxygen atoms in total. The van der Waals surface area contributed by atoms with Crippen LogP contribution in [0.1, 0.15) is 11.1 Å². The molecular weight excluding hydrogens is 392 g/mol. The summed E-state index contributed by atoms with van der Waals surface area (Å²) in [4.78, 5) is 13.0. The molecule has 0 aliphatic heterocycles. The van der Waals surface area contributed by atoms with Gasteiger partial charge in [0.05, 0.1) is 12.1 Å². The first kappa shape index (κ1) is 18.4. The lowest BCUT2D eigenvalue weighted by molar-refractivity contribution is 0.714. The molecule has 7 heteroatoms. The van der Waals surface area contributed by atoms with E-state index in [0.29, 0.717) is 6.54 Å². The van der Waals surface area contributed by atoms with E-state index in [1.807, 2.05) is 36.4 Å². The number of hydrogen-bond acceptors (Lipinski definition) is 6. The zero-order valence-corrected chi connectivity index (χ0v) is 17.1. The Hall–Kier alpha value is -3.58. The van der Waals surface area contributed by atoms with Crippen LogP contribution in [0.2, 0.25) is 0 Å². The highest BCUT2D eigenvalue weighted by Gasteiger charge is 2.17. The second-order valence-corrected chi connectivity index (χ2v) is 7.87. The smallest absolute Gasteiger partial charge is 0.198 e. The van der Waals surface area contributed by atoms with Crippen LogP contribution in [0, 0.1) is 6.92 Å². The van der Waals surface area contributed by atoms with Gasteiger partial charge in [0.15, 0.2) is 11.0 Å². The standard InChI is InChI=1S/C23H18N6S/c1-16-7-8-20-19(13-16)22(26-15-25-20)30-23-28-27-21(18-9-11-24-12-10-18)29(23)14-17-5-3-2-4-6-17/h2-13,15H,14H2,1H3. The fraction of sp³-hybridized carbons (Fsp3) is 0.0870. The highest BCUT2D eigenvalue weighted by Crippen LogP contribution is 2.33. The van der Waals surface area contributed by atoms with Crippen molar-refractivity contribution in [3.05, 3.63) is 90.5 Å². The van der Waals surface area contributed by atoms with Crippen molar-refractivity contribution >= 4 is 22.7 Å². The van der Waals surface area contributed by atoms with E-state index in [9.17, 15) is 0 Å². The molecule has 0 radical (unpaired) electrons. The van der Waals surface area contributed by atoms with Crippen molar-refractivity contribution in [2.45, 2.75) is 23.7 Å². The topological polar surface area (TPSA) is 69.4 Å². The average molecular weight is 411 g/mol. The Morgan fingerprint density at radius 3 is 2.57 bits per heavy atom. The van der Waals surface area contributed by atoms with E-state index in [1.165, 1.54) is 22.9 Å². The van der Waals surface area contributed by atoms with Crippen LogP contribution in [0.4, 0.5) is 0 Å². The molecule has 3 aromatic heterocycles. The SMILES string of the molecule is Cc1ccc2ncnc(Sc3nnc(-c4ccncc4)n3Cc3ccccc3)c2c1. The van der Waals surface area contributed by atoms with Gasteiger partial charge in [-0.25, -0.2) is 9.97 Å². The van der Waals surface area contributed by atoms with Gasteiger partial charge in [-0.15, -0.1) is 10.2 Å². The van der Waals surface area contributed by atoms with Gasteiger partial charge >= 0.3 is 0 Å². The minimum Gasteiger partial charge on any atom is -0.297 e. The lowest BCUT2D eigenvalue weighted by Crippen LogP contribution is -2.04. The summed E-state index contributed by atoms with van der Waals surface area (Å²) in [5.41, 5.74) is 4.24. The zero-order chi connectivity index (χ0) is 20.3. The van der Waals surface area contributed by atoms with Crippen molar-refractivity contribution in [1.82, 2.24) is 29.7 Å². The maximum atomic E-state index is 4.53. The van der Waals surface area contributed by atoms with Gasteiger partial charge < -0.3 is 0 Å². The Kier molecular flexibility index (Phi) is 4.94. The van der Waals surface area contributed by atoms with Crippen LogP contribution in [0.25, 0.3) is 22.3 Å². The summed E-state index contributed by atoms with van der Waals surface area (Å²) in [6, 6.07) is 20.4. The average Bonchev–Trinajstić information content (AvgIpc) is 3.17. The number of aromatic nitrogens is 6. The summed E-state index contributed by atoms with van der Waals surface area (Å²) in [7, 11) is 0. The van der Waals surface area contributed by atoms with Crippen molar-refractivity contribution in [3.63, 3.8) is 0 Å². The van der Waals surface area contributed by atoms with Crippen molar-refractivity contribution in [2.24, 2.45) is 0 Å². The third-order valence-corrected chi connectivity index (χ3v) is 5.78. The maximum Gasteiger partial charge on any atom is 0.198 e. The third kappa shape index (κ3) is 3.67. The van der Waals surface area contributed by atoms with Crippen LogP contribution in [-0.2, 0) is 6.54 Å². The normalized spacial score (nSPS) is 11.1. The molecule has 0 spiro atoms. The minimum absolute atomic E-state index is 0.663. The van der Waals surface area contributed by atoms with Gasteiger partial charge in [-0.1, -0.05) is 42.0 Å². The van der Waals surface area contributed by atoms with Gasteiger partial charge in [-0.3, -0.25) is 9.55 Å². The quantitative estimate of drug-likeness (QED) is 0.388. The van der Waals surface area contributed by atoms with E-state index in [1.54, 1.807) is 18.7 Å². The molecule has 5 aromatic rings. The monoisotopic (exact) mass is 410 g/mol. The molecule has 0 saturated heterocycles. The van der Waals surface area contributed by atoms with Crippen LogP contribution in [0.3, 0.4) is 0 Å². The molecule has 5 rings (SSSR count). The molecular formula is C23H18N6S. The van der Waals surface area contributed by atoms with Gasteiger partial charge in [0.25, 0.3) is 0 Å². The summed E-state index contributed by atoms with van der Waals surface area (Å²) >= 11 is 1.51. The van der Waals surface area contributed by atoms with Crippen molar-refractivity contribution in [2.75, 3.05) is 0 Å². The molecule has 0 N–H and O–H groups in total. The molecule has 2 aromatic carbocycles. The van der Waals surface area contributed by atoms with Gasteiger partial charge in [0, 0.05) is 23.3 Å². The molecule has 146 valence electrons. The first-order valence-electron chi connectivity index (χ1n) is 9.55. The Bertz CT molecular complexity index is 1300. The summed E-state index contributed by atoms with van der Waals surface area (Å²) in [6.07, 6.45) is 5.14. The lowest BCUT2D eigenvalue weighted by atomic mass is 10.2. The molecule has 3 heterocycles. The van der Waals surface area contributed by atoms with Crippen LogP contribution < -0.4 is 0 Å². The molecule has 0 amide bonds. The Morgan fingerprint density at radius 1 is 0.900 bits per heavy atom. The molecule has 0 aliphatic carbocycles. The van der Waals surface area contributed by atoms with E-state index < -0.39 is 0 Å². The number of nitrogens with zero attached hydrogens (tertiary/aromatic N) is 6. The second-order valence-electron chi connectivity index (χ2n) is 6.92. The van der Waals surface area contributed by atoms with Crippen molar-refractivity contribution in [3.8, 4) is 11.4 Å². The Labute approximate surface area is 178 Å². The third-order valence-electron chi connectivity index (χ3n) is 4.78. The summed E-state index contributed by atoms with van der Waals surface area (Å²) in [5.74, 6) is 0.804. The van der Waals surface area contributed by atoms with Crippen LogP contribution in [0.15, 0.2) is 89.6 Å². The predicted octanol–water partition coefficient (Wildman–Crippen LogP) is 4.79. The van der Waals surface area contributed by atoms with Crippen molar-refractivity contribution in [1.29, 1.82) is 0 Å². The number of pyridine rings is 1. The molecule has 0 fully saturated rings. The summed E-state index contributed by atoms with van der Waals surface area (Å²) < 4.78 is 2.12. The summed E-state index contributed by atoms with van der Waals surface area (Å²) in [6.45, 7) is 2.73. The molecule has 0 atom stereocenters. The zero-order valence-electron chi connectivity index (χ0n) is 16.3. The number of aryl methyl sites for hydroxylation is 1. The van der Waals surface area contributed by atoms with Gasteiger partial charge in [0.2, 0.25) is 0 Å². The van der Waals surface area contributed by atoms with Crippen LogP contribution in [0.5, 0.6) is 0 Å². The predicted molar refractivity (Wildman–Crippen MR) is 117 cm³/mol. The van der Waals surface area contributed by atoms with Gasteiger partial charge in [-0.05, 0) is 48.5 Å². The van der Waals surface area contributed by atoms with Gasteiger partial charge in [0.1, 0.15) is 11.4 Å². The molecule has 0 aliphatic rings. The van der Waals surface area contributed by atoms with Crippen molar-refractivity contribution < 1.29 is 0 Å². The minimum atomic E-state index is 0.663. The summed E-state index contributed by atoms with van der Waals surface area (Å²) in [5, 5.41) is 11.7. The highest BCUT2D eigenvalue weighted by atomic mass is 32.2. The van der Waals surface area contributed by atoms with E-state index in [-0.39, 0.29) is 0 Å². The first-order chi connectivity index (χ1) is 14.8. The number of rotatable bonds is 5. The van der Waals surface area contributed by atoms with Crippen LogP contribution >= 0.6 is 11.8 Å². The second kappa shape index (κ2) is 8.04. The van der Waals surface area contributed by atoms with E-state index in [4.69, 9.17) is 0 Å². The van der Waals surface area contributed by atoms with E-state index in [2.05, 4.69) is 60.9 Å². The van der Waals surface area contributed by atoms with E-state index >= 15 is 0 Å². The molecule has 0 saturated carbocycles. The highest BCUT2D eigenvalue weighted by molar-refractivity contribution is 7.99. The Balaban J connectivity index is 1.60. The molecule has 0 unspecified atom stereocenters. The Morgan fingerprint density at radius 2 is 1.73 bits per heavy atom. The maximum absolute atomic E-state index is 4.53. The largest absolute Gasteiger partial charge is 0.297 e. The van der Waals surface area contributed by atoms with E-state index in [0.717, 1.165) is 32.5 Å². The fourth-order valence-electron chi connectivity index (χ4n) is 3.30. The fourth-order valence-corrected chi connectivity index (χ4v) is 4.19. The number of fused-ring (bicyclic) bond motifs is 1. The number of hydrogen-bond donors (Lipinski definition) is 0. The molecule has 30 heavy (non-hydrogen) atoms. The number of benzene rings is 2. The first-order valence-corrected chi connectivity index (χ1v) is 10.4. The van der Waals surface area contributed by atoms with Gasteiger partial charge in [-0.2, -0.15) is 0 Å². The molecule has 0 bridgehead atoms.